The third kappa shape index (κ3) is 6.05. The van der Waals surface area contributed by atoms with Crippen LogP contribution in [0.25, 0.3) is 11.1 Å². The Kier molecular flexibility index (Phi) is 6.91. The first-order valence-corrected chi connectivity index (χ1v) is 8.45. The predicted octanol–water partition coefficient (Wildman–Crippen LogP) is 1.72. The molecule has 2 aromatic rings. The molecule has 2 rings (SSSR count). The lowest BCUT2D eigenvalue weighted by Crippen LogP contribution is -2.43. The van der Waals surface area contributed by atoms with Gasteiger partial charge in [-0.15, -0.1) is 0 Å². The number of hydrogen-bond donors (Lipinski definition) is 3. The number of nitrogens with one attached hydrogen (secondary N) is 3. The lowest BCUT2D eigenvalue weighted by Gasteiger charge is -2.10. The Morgan fingerprint density at radius 2 is 1.35 bits per heavy atom. The number of benzene rings is 2. The molecule has 0 unspecified atom stereocenters. The highest BCUT2D eigenvalue weighted by Crippen LogP contribution is 2.19. The maximum absolute atomic E-state index is 12.1. The molecule has 0 bridgehead atoms. The summed E-state index contributed by atoms with van der Waals surface area (Å²) in [6.07, 6.45) is 0. The fourth-order valence-electron chi connectivity index (χ4n) is 2.32. The van der Waals surface area contributed by atoms with Crippen LogP contribution in [0.15, 0.2) is 54.6 Å². The normalized spacial score (nSPS) is 10.3. The van der Waals surface area contributed by atoms with E-state index in [0.717, 1.165) is 11.1 Å². The van der Waals surface area contributed by atoms with Crippen LogP contribution in [0.1, 0.15) is 24.2 Å². The maximum Gasteiger partial charge on any atom is 0.251 e. The molecular formula is C20H23N3O3. The van der Waals surface area contributed by atoms with E-state index in [9.17, 15) is 14.4 Å². The van der Waals surface area contributed by atoms with Gasteiger partial charge in [-0.05, 0) is 37.1 Å². The molecule has 0 spiro atoms. The standard InChI is InChI=1S/C20H23N3O3/c1-14(2)23-19(25)13-21-18(24)12-22-20(26)17-10-8-16(9-11-17)15-6-4-3-5-7-15/h3-11,14H,12-13H2,1-2H3,(H,21,24)(H,22,26)(H,23,25). The average molecular weight is 353 g/mol. The SMILES string of the molecule is CC(C)NC(=O)CNC(=O)CNC(=O)c1ccc(-c2ccccc2)cc1. The van der Waals surface area contributed by atoms with Crippen molar-refractivity contribution in [1.82, 2.24) is 16.0 Å². The molecule has 0 aliphatic carbocycles. The Hall–Kier alpha value is -3.15. The predicted molar refractivity (Wildman–Crippen MR) is 100 cm³/mol. The smallest absolute Gasteiger partial charge is 0.251 e. The second-order valence-electron chi connectivity index (χ2n) is 6.12. The molecular weight excluding hydrogens is 330 g/mol. The summed E-state index contributed by atoms with van der Waals surface area (Å²) in [6.45, 7) is 3.37. The molecule has 0 atom stereocenters. The van der Waals surface area contributed by atoms with E-state index in [2.05, 4.69) is 16.0 Å². The van der Waals surface area contributed by atoms with E-state index in [4.69, 9.17) is 0 Å². The van der Waals surface area contributed by atoms with Crippen LogP contribution in [0.3, 0.4) is 0 Å². The van der Waals surface area contributed by atoms with Gasteiger partial charge in [0.15, 0.2) is 0 Å². The van der Waals surface area contributed by atoms with Gasteiger partial charge in [0.2, 0.25) is 11.8 Å². The van der Waals surface area contributed by atoms with Crippen molar-refractivity contribution in [2.24, 2.45) is 0 Å². The van der Waals surface area contributed by atoms with E-state index >= 15 is 0 Å². The van der Waals surface area contributed by atoms with Gasteiger partial charge in [0.05, 0.1) is 13.1 Å². The van der Waals surface area contributed by atoms with E-state index in [0.29, 0.717) is 5.56 Å². The third-order valence-electron chi connectivity index (χ3n) is 3.56. The minimum Gasteiger partial charge on any atom is -0.352 e. The van der Waals surface area contributed by atoms with E-state index in [1.807, 2.05) is 56.3 Å². The molecule has 6 heteroatoms. The molecule has 0 saturated carbocycles. The van der Waals surface area contributed by atoms with Crippen molar-refractivity contribution in [1.29, 1.82) is 0 Å². The largest absolute Gasteiger partial charge is 0.352 e. The van der Waals surface area contributed by atoms with Gasteiger partial charge < -0.3 is 16.0 Å². The number of carbonyl (C=O) groups excluding carboxylic acids is 3. The first kappa shape index (κ1) is 19.2. The number of hydrogen-bond acceptors (Lipinski definition) is 3. The number of amides is 3. The maximum atomic E-state index is 12.1. The van der Waals surface area contributed by atoms with E-state index in [1.54, 1.807) is 12.1 Å². The second kappa shape index (κ2) is 9.36. The van der Waals surface area contributed by atoms with Crippen LogP contribution < -0.4 is 16.0 Å². The number of rotatable bonds is 7. The molecule has 3 N–H and O–H groups in total. The Morgan fingerprint density at radius 1 is 0.769 bits per heavy atom. The van der Waals surface area contributed by atoms with Gasteiger partial charge >= 0.3 is 0 Å². The topological polar surface area (TPSA) is 87.3 Å². The Labute approximate surface area is 153 Å². The molecule has 0 heterocycles. The highest BCUT2D eigenvalue weighted by molar-refractivity contribution is 5.97. The van der Waals surface area contributed by atoms with Crippen LogP contribution in [-0.4, -0.2) is 36.9 Å². The Balaban J connectivity index is 1.80. The zero-order chi connectivity index (χ0) is 18.9. The molecule has 0 fully saturated rings. The molecule has 0 aliphatic heterocycles. The summed E-state index contributed by atoms with van der Waals surface area (Å²) in [5, 5.41) is 7.67. The quantitative estimate of drug-likeness (QED) is 0.708. The average Bonchev–Trinajstić information content (AvgIpc) is 2.64. The second-order valence-corrected chi connectivity index (χ2v) is 6.12. The van der Waals surface area contributed by atoms with Crippen molar-refractivity contribution in [2.45, 2.75) is 19.9 Å². The first-order valence-electron chi connectivity index (χ1n) is 8.45. The minimum atomic E-state index is -0.418. The van der Waals surface area contributed by atoms with Crippen molar-refractivity contribution in [3.63, 3.8) is 0 Å². The molecule has 6 nitrogen and oxygen atoms in total. The Bertz CT molecular complexity index is 756. The van der Waals surface area contributed by atoms with E-state index in [-0.39, 0.29) is 30.9 Å². The van der Waals surface area contributed by atoms with Gasteiger partial charge in [-0.1, -0.05) is 42.5 Å². The zero-order valence-electron chi connectivity index (χ0n) is 14.9. The van der Waals surface area contributed by atoms with Gasteiger partial charge in [-0.2, -0.15) is 0 Å². The lowest BCUT2D eigenvalue weighted by molar-refractivity contribution is -0.125. The molecule has 0 aliphatic rings. The van der Waals surface area contributed by atoms with Crippen molar-refractivity contribution in [2.75, 3.05) is 13.1 Å². The van der Waals surface area contributed by atoms with Gasteiger partial charge in [-0.25, -0.2) is 0 Å². The summed E-state index contributed by atoms with van der Waals surface area (Å²) in [5.41, 5.74) is 2.55. The zero-order valence-corrected chi connectivity index (χ0v) is 14.9. The highest BCUT2D eigenvalue weighted by atomic mass is 16.2. The molecule has 0 aromatic heterocycles. The summed E-state index contributed by atoms with van der Waals surface area (Å²) in [6, 6.07) is 17.0. The van der Waals surface area contributed by atoms with E-state index in [1.165, 1.54) is 0 Å². The summed E-state index contributed by atoms with van der Waals surface area (Å²) in [7, 11) is 0. The molecule has 26 heavy (non-hydrogen) atoms. The van der Waals surface area contributed by atoms with Crippen LogP contribution in [0.4, 0.5) is 0 Å². The van der Waals surface area contributed by atoms with Gasteiger partial charge in [0.1, 0.15) is 0 Å². The van der Waals surface area contributed by atoms with Gasteiger partial charge in [-0.3, -0.25) is 14.4 Å². The fraction of sp³-hybridized carbons (Fsp3) is 0.250. The molecule has 3 amide bonds. The summed E-state index contributed by atoms with van der Waals surface area (Å²) in [4.78, 5) is 35.3. The molecule has 136 valence electrons. The van der Waals surface area contributed by atoms with Crippen LogP contribution in [0, 0.1) is 0 Å². The van der Waals surface area contributed by atoms with Crippen LogP contribution in [-0.2, 0) is 9.59 Å². The summed E-state index contributed by atoms with van der Waals surface area (Å²) in [5.74, 6) is -1.03. The van der Waals surface area contributed by atoms with Crippen molar-refractivity contribution in [3.05, 3.63) is 60.2 Å². The van der Waals surface area contributed by atoms with Crippen molar-refractivity contribution >= 4 is 17.7 Å². The highest BCUT2D eigenvalue weighted by Gasteiger charge is 2.10. The monoisotopic (exact) mass is 353 g/mol. The van der Waals surface area contributed by atoms with Crippen molar-refractivity contribution < 1.29 is 14.4 Å². The van der Waals surface area contributed by atoms with Gasteiger partial charge in [0, 0.05) is 11.6 Å². The van der Waals surface area contributed by atoms with Crippen LogP contribution in [0.5, 0.6) is 0 Å². The lowest BCUT2D eigenvalue weighted by atomic mass is 10.0. The first-order chi connectivity index (χ1) is 12.5. The third-order valence-corrected chi connectivity index (χ3v) is 3.56. The van der Waals surface area contributed by atoms with E-state index < -0.39 is 5.91 Å². The summed E-state index contributed by atoms with van der Waals surface area (Å²) >= 11 is 0. The summed E-state index contributed by atoms with van der Waals surface area (Å²) < 4.78 is 0. The minimum absolute atomic E-state index is 0.0120. The van der Waals surface area contributed by atoms with Gasteiger partial charge in [0.25, 0.3) is 5.91 Å². The Morgan fingerprint density at radius 3 is 1.96 bits per heavy atom. The molecule has 0 saturated heterocycles. The van der Waals surface area contributed by atoms with Crippen LogP contribution in [0.2, 0.25) is 0 Å². The van der Waals surface area contributed by atoms with Crippen molar-refractivity contribution in [3.8, 4) is 11.1 Å². The number of carbonyl (C=O) groups is 3. The fourth-order valence-corrected chi connectivity index (χ4v) is 2.32. The molecule has 2 aromatic carbocycles. The molecule has 0 radical (unpaired) electrons. The van der Waals surface area contributed by atoms with Crippen LogP contribution >= 0.6 is 0 Å².